The molecule has 12 heteroatoms. The van der Waals surface area contributed by atoms with Crippen LogP contribution in [0.1, 0.15) is 48.9 Å². The first-order chi connectivity index (χ1) is 22.0. The molecule has 11 nitrogen and oxygen atoms in total. The lowest BCUT2D eigenvalue weighted by molar-refractivity contribution is -0.144. The van der Waals surface area contributed by atoms with E-state index in [1.54, 1.807) is 0 Å². The van der Waals surface area contributed by atoms with E-state index in [0.717, 1.165) is 54.9 Å². The van der Waals surface area contributed by atoms with Crippen LogP contribution in [0.5, 0.6) is 0 Å². The van der Waals surface area contributed by atoms with Crippen molar-refractivity contribution in [3.63, 3.8) is 0 Å². The summed E-state index contributed by atoms with van der Waals surface area (Å²) in [7, 11) is 0. The van der Waals surface area contributed by atoms with Crippen molar-refractivity contribution in [2.24, 2.45) is 17.8 Å². The summed E-state index contributed by atoms with van der Waals surface area (Å²) < 4.78 is 41.5. The van der Waals surface area contributed by atoms with Gasteiger partial charge in [0.25, 0.3) is 17.7 Å². The van der Waals surface area contributed by atoms with Crippen LogP contribution in [0.3, 0.4) is 0 Å². The number of hydrogen-bond acceptors (Lipinski definition) is 9. The van der Waals surface area contributed by atoms with Crippen LogP contribution in [-0.2, 0) is 38.1 Å². The van der Waals surface area contributed by atoms with Crippen LogP contribution in [0, 0.1) is 35.4 Å². The van der Waals surface area contributed by atoms with E-state index in [4.69, 9.17) is 23.7 Å². The highest BCUT2D eigenvalue weighted by atomic mass is 19.1. The highest BCUT2D eigenvalue weighted by molar-refractivity contribution is 6.28. The second kappa shape index (κ2) is 18.4. The summed E-state index contributed by atoms with van der Waals surface area (Å²) in [6.07, 6.45) is 7.35. The highest BCUT2D eigenvalue weighted by Crippen LogP contribution is 2.52. The van der Waals surface area contributed by atoms with Crippen LogP contribution in [0.15, 0.2) is 30.4 Å². The van der Waals surface area contributed by atoms with Crippen LogP contribution in [-0.4, -0.2) is 89.7 Å². The molecule has 1 heterocycles. The number of fused-ring (bicyclic) bond motifs is 1. The molecule has 1 aromatic carbocycles. The van der Waals surface area contributed by atoms with Crippen molar-refractivity contribution in [3.8, 4) is 11.8 Å². The Balaban J connectivity index is 0.907. The first-order valence-corrected chi connectivity index (χ1v) is 15.5. The van der Waals surface area contributed by atoms with Crippen LogP contribution >= 0.6 is 0 Å². The van der Waals surface area contributed by atoms with Gasteiger partial charge in [0.2, 0.25) is 0 Å². The molecule has 1 unspecified atom stereocenters. The molecule has 1 fully saturated rings. The number of anilines is 1. The van der Waals surface area contributed by atoms with Gasteiger partial charge in [-0.2, -0.15) is 0 Å². The van der Waals surface area contributed by atoms with E-state index < -0.39 is 23.5 Å². The van der Waals surface area contributed by atoms with E-state index in [0.29, 0.717) is 83.5 Å². The second-order valence-electron chi connectivity index (χ2n) is 10.9. The zero-order valence-corrected chi connectivity index (χ0v) is 25.4. The minimum absolute atomic E-state index is 0.114. The molecule has 1 saturated carbocycles. The second-order valence-corrected chi connectivity index (χ2v) is 10.9. The number of esters is 1. The van der Waals surface area contributed by atoms with E-state index in [-0.39, 0.29) is 30.4 Å². The molecule has 4 rings (SSSR count). The summed E-state index contributed by atoms with van der Waals surface area (Å²) in [5.74, 6) is 5.51. The van der Waals surface area contributed by atoms with Gasteiger partial charge in [0, 0.05) is 44.6 Å². The van der Waals surface area contributed by atoms with E-state index >= 15 is 0 Å². The molecule has 45 heavy (non-hydrogen) atoms. The van der Waals surface area contributed by atoms with Gasteiger partial charge < -0.3 is 29.0 Å². The lowest BCUT2D eigenvalue weighted by Gasteiger charge is -2.15. The van der Waals surface area contributed by atoms with Gasteiger partial charge in [-0.25, -0.2) is 9.29 Å². The third-order valence-corrected chi connectivity index (χ3v) is 7.86. The van der Waals surface area contributed by atoms with E-state index in [2.05, 4.69) is 17.2 Å². The van der Waals surface area contributed by atoms with Crippen molar-refractivity contribution < 1.29 is 47.3 Å². The van der Waals surface area contributed by atoms with Crippen molar-refractivity contribution in [2.45, 2.75) is 38.5 Å². The van der Waals surface area contributed by atoms with Gasteiger partial charge in [0.05, 0.1) is 64.1 Å². The molecule has 0 bridgehead atoms. The average molecular weight is 629 g/mol. The summed E-state index contributed by atoms with van der Waals surface area (Å²) in [5, 5.41) is 2.55. The fourth-order valence-corrected chi connectivity index (χ4v) is 5.44. The summed E-state index contributed by atoms with van der Waals surface area (Å²) >= 11 is 0. The topological polar surface area (TPSA) is 130 Å². The Morgan fingerprint density at radius 2 is 1.42 bits per heavy atom. The number of carbonyl (C=O) groups is 4. The van der Waals surface area contributed by atoms with Gasteiger partial charge >= 0.3 is 5.97 Å². The van der Waals surface area contributed by atoms with E-state index in [9.17, 15) is 23.6 Å². The maximum Gasteiger partial charge on any atom is 0.305 e. The summed E-state index contributed by atoms with van der Waals surface area (Å²) in [4.78, 5) is 48.9. The van der Waals surface area contributed by atoms with Crippen LogP contribution in [0.4, 0.5) is 10.1 Å². The molecule has 0 aromatic heterocycles. The zero-order valence-electron chi connectivity index (χ0n) is 25.4. The van der Waals surface area contributed by atoms with Crippen molar-refractivity contribution in [1.29, 1.82) is 0 Å². The maximum atomic E-state index is 14.2. The Bertz CT molecular complexity index is 1240. The lowest BCUT2D eigenvalue weighted by Crippen LogP contribution is -2.31. The Labute approximate surface area is 262 Å². The molecule has 1 aliphatic heterocycles. The maximum absolute atomic E-state index is 14.2. The molecule has 1 aromatic rings. The largest absolute Gasteiger partial charge is 0.465 e. The number of nitrogens with zero attached hydrogens (tertiary/aromatic N) is 1. The fourth-order valence-electron chi connectivity index (χ4n) is 5.44. The standard InChI is InChI=1S/C33H41FN2O9/c34-29-10-9-24(36-30(37)11-12-31(36)38)22-27(29)33(40)35-13-15-42-17-19-44-21-20-43-18-16-41-14-5-8-32(39)45-23-28-25-6-3-1-2-4-7-26(25)28/h9-12,22,25-26,28H,3-8,13-21,23H2,(H,35,40)/t25-,26+,28?. The SMILES string of the molecule is O=C(CCCOCCOCCOCCOCCNC(=O)c1cc(N2C(=O)C=CC2=O)ccc1F)OCC1[C@H]2CCC#CCC[C@@H]12. The van der Waals surface area contributed by atoms with E-state index in [1.165, 1.54) is 6.07 Å². The Morgan fingerprint density at radius 1 is 0.844 bits per heavy atom. The molecular formula is C33H41FN2O9. The lowest BCUT2D eigenvalue weighted by atomic mass is 10.1. The molecule has 1 N–H and O–H groups in total. The Kier molecular flexibility index (Phi) is 14.0. The molecule has 0 spiro atoms. The molecule has 3 amide bonds. The number of benzene rings is 1. The third-order valence-electron chi connectivity index (χ3n) is 7.86. The predicted molar refractivity (Wildman–Crippen MR) is 161 cm³/mol. The first-order valence-electron chi connectivity index (χ1n) is 15.5. The van der Waals surface area contributed by atoms with Crippen LogP contribution in [0.25, 0.3) is 0 Å². The number of nitrogens with one attached hydrogen (secondary N) is 1. The van der Waals surface area contributed by atoms with Gasteiger partial charge in [-0.05, 0) is 55.2 Å². The fraction of sp³-hybridized carbons (Fsp3) is 0.576. The average Bonchev–Trinajstić information content (AvgIpc) is 3.54. The van der Waals surface area contributed by atoms with Gasteiger partial charge in [0.1, 0.15) is 5.82 Å². The van der Waals surface area contributed by atoms with Gasteiger partial charge in [-0.15, -0.1) is 11.8 Å². The molecule has 0 saturated heterocycles. The number of amides is 3. The highest BCUT2D eigenvalue weighted by Gasteiger charge is 2.49. The van der Waals surface area contributed by atoms with E-state index in [1.807, 2.05) is 0 Å². The van der Waals surface area contributed by atoms with Gasteiger partial charge in [0.15, 0.2) is 0 Å². The molecule has 2 aliphatic carbocycles. The number of hydrogen-bond donors (Lipinski definition) is 1. The van der Waals surface area contributed by atoms with Crippen molar-refractivity contribution >= 4 is 29.4 Å². The third kappa shape index (κ3) is 11.0. The Morgan fingerprint density at radius 3 is 2.04 bits per heavy atom. The van der Waals surface area contributed by atoms with Crippen molar-refractivity contribution in [2.75, 3.05) is 70.9 Å². The first kappa shape index (κ1) is 34.2. The molecule has 3 aliphatic rings. The number of imide groups is 1. The minimum atomic E-state index is -0.772. The smallest absolute Gasteiger partial charge is 0.305 e. The summed E-state index contributed by atoms with van der Waals surface area (Å²) in [6, 6.07) is 3.46. The number of rotatable bonds is 20. The summed E-state index contributed by atoms with van der Waals surface area (Å²) in [6.45, 7) is 3.59. The number of ether oxygens (including phenoxy) is 5. The van der Waals surface area contributed by atoms with Crippen molar-refractivity contribution in [1.82, 2.24) is 5.32 Å². The number of halogens is 1. The molecule has 3 atom stereocenters. The Hall–Kier alpha value is -3.63. The van der Waals surface area contributed by atoms with Gasteiger partial charge in [-0.1, -0.05) is 0 Å². The molecular weight excluding hydrogens is 587 g/mol. The van der Waals surface area contributed by atoms with Gasteiger partial charge in [-0.3, -0.25) is 19.2 Å². The summed E-state index contributed by atoms with van der Waals surface area (Å²) in [5.41, 5.74) is -0.166. The monoisotopic (exact) mass is 628 g/mol. The van der Waals surface area contributed by atoms with Crippen LogP contribution < -0.4 is 10.2 Å². The molecule has 0 radical (unpaired) electrons. The zero-order chi connectivity index (χ0) is 31.9. The predicted octanol–water partition coefficient (Wildman–Crippen LogP) is 2.81. The van der Waals surface area contributed by atoms with Crippen molar-refractivity contribution in [3.05, 3.63) is 41.7 Å². The number of carbonyl (C=O) groups excluding carboxylic acids is 4. The van der Waals surface area contributed by atoms with Crippen LogP contribution in [0.2, 0.25) is 0 Å². The normalized spacial score (nSPS) is 20.2. The minimum Gasteiger partial charge on any atom is -0.465 e. The quantitative estimate of drug-likeness (QED) is 0.100. The molecule has 244 valence electrons.